The summed E-state index contributed by atoms with van der Waals surface area (Å²) in [5.41, 5.74) is 0.784. The van der Waals surface area contributed by atoms with Gasteiger partial charge in [0.1, 0.15) is 18.2 Å². The van der Waals surface area contributed by atoms with Gasteiger partial charge in [0.15, 0.2) is 0 Å². The average molecular weight is 338 g/mol. The van der Waals surface area contributed by atoms with E-state index in [1.807, 2.05) is 13.0 Å². The van der Waals surface area contributed by atoms with Crippen LogP contribution in [-0.4, -0.2) is 20.4 Å². The van der Waals surface area contributed by atoms with Crippen LogP contribution in [0.2, 0.25) is 0 Å². The summed E-state index contributed by atoms with van der Waals surface area (Å²) in [5, 5.41) is 2.62. The molecule has 0 unspecified atom stereocenters. The van der Waals surface area contributed by atoms with E-state index >= 15 is 0 Å². The highest BCUT2D eigenvalue weighted by atomic mass is 19.1. The first-order chi connectivity index (χ1) is 12.0. The minimum Gasteiger partial charge on any atom is -0.309 e. The van der Waals surface area contributed by atoms with E-state index in [1.54, 1.807) is 24.3 Å². The number of nitrogens with zero attached hydrogens (tertiary/aromatic N) is 3. The minimum absolute atomic E-state index is 0.209. The molecule has 0 fully saturated rings. The maximum Gasteiger partial charge on any atom is 0.254 e. The van der Waals surface area contributed by atoms with Crippen molar-refractivity contribution >= 4 is 11.7 Å². The lowest BCUT2D eigenvalue weighted by Crippen LogP contribution is -2.27. The molecule has 7 heteroatoms. The Morgan fingerprint density at radius 3 is 2.72 bits per heavy atom. The molecule has 3 aromatic rings. The largest absolute Gasteiger partial charge is 0.309 e. The predicted molar refractivity (Wildman–Crippen MR) is 91.5 cm³/mol. The molecule has 0 saturated heterocycles. The number of aryl methyl sites for hydroxylation is 1. The number of nitrogens with one attached hydrogen (secondary N) is 1. The van der Waals surface area contributed by atoms with Gasteiger partial charge in [-0.2, -0.15) is 0 Å². The van der Waals surface area contributed by atoms with Gasteiger partial charge < -0.3 is 5.32 Å². The van der Waals surface area contributed by atoms with Crippen molar-refractivity contribution in [1.29, 1.82) is 0 Å². The first-order valence-electron chi connectivity index (χ1n) is 7.58. The van der Waals surface area contributed by atoms with Gasteiger partial charge in [0.2, 0.25) is 5.91 Å². The number of pyridine rings is 1. The standard InChI is InChI=1S/C18H15FN4O2/c1-12-5-4-8-16(21-12)22-17(24)10-23-11-20-15(9-18(23)25)13-6-2-3-7-14(13)19/h2-9,11H,10H2,1H3,(H,21,22,24). The SMILES string of the molecule is Cc1cccc(NC(=O)Cn2cnc(-c3ccccc3F)cc2=O)n1. The number of carbonyl (C=O) groups is 1. The Morgan fingerprint density at radius 1 is 1.20 bits per heavy atom. The van der Waals surface area contributed by atoms with Crippen molar-refractivity contribution in [3.8, 4) is 11.3 Å². The lowest BCUT2D eigenvalue weighted by molar-refractivity contribution is -0.116. The molecule has 0 saturated carbocycles. The van der Waals surface area contributed by atoms with Gasteiger partial charge >= 0.3 is 0 Å². The second-order valence-corrected chi connectivity index (χ2v) is 5.43. The van der Waals surface area contributed by atoms with Crippen LogP contribution < -0.4 is 10.9 Å². The second kappa shape index (κ2) is 7.04. The van der Waals surface area contributed by atoms with E-state index in [2.05, 4.69) is 15.3 Å². The van der Waals surface area contributed by atoms with Crippen LogP contribution in [0, 0.1) is 12.7 Å². The summed E-state index contributed by atoms with van der Waals surface area (Å²) in [4.78, 5) is 32.5. The lowest BCUT2D eigenvalue weighted by Gasteiger charge is -2.08. The predicted octanol–water partition coefficient (Wildman–Crippen LogP) is 2.39. The average Bonchev–Trinajstić information content (AvgIpc) is 2.57. The first kappa shape index (κ1) is 16.5. The summed E-state index contributed by atoms with van der Waals surface area (Å²) < 4.78 is 14.9. The molecule has 0 atom stereocenters. The molecular formula is C18H15FN4O2. The fourth-order valence-electron chi connectivity index (χ4n) is 2.31. The third kappa shape index (κ3) is 3.95. The van der Waals surface area contributed by atoms with E-state index in [1.165, 1.54) is 24.5 Å². The number of halogens is 1. The molecule has 1 aromatic carbocycles. The summed E-state index contributed by atoms with van der Waals surface area (Å²) in [5.74, 6) is -0.454. The molecule has 126 valence electrons. The number of aromatic nitrogens is 3. The molecule has 0 aliphatic rings. The lowest BCUT2D eigenvalue weighted by atomic mass is 10.1. The zero-order valence-electron chi connectivity index (χ0n) is 13.4. The van der Waals surface area contributed by atoms with E-state index in [0.29, 0.717) is 5.82 Å². The number of benzene rings is 1. The highest BCUT2D eigenvalue weighted by molar-refractivity contribution is 5.89. The van der Waals surface area contributed by atoms with Crippen LogP contribution in [0.3, 0.4) is 0 Å². The molecule has 0 spiro atoms. The van der Waals surface area contributed by atoms with Gasteiger partial charge in [-0.1, -0.05) is 18.2 Å². The van der Waals surface area contributed by atoms with Crippen molar-refractivity contribution in [2.75, 3.05) is 5.32 Å². The number of carbonyl (C=O) groups excluding carboxylic acids is 1. The van der Waals surface area contributed by atoms with Crippen LogP contribution in [0.25, 0.3) is 11.3 Å². The van der Waals surface area contributed by atoms with Gasteiger partial charge in [0.25, 0.3) is 5.56 Å². The smallest absolute Gasteiger partial charge is 0.254 e. The molecule has 0 bridgehead atoms. The Morgan fingerprint density at radius 2 is 2.00 bits per heavy atom. The number of rotatable bonds is 4. The van der Waals surface area contributed by atoms with Crippen LogP contribution in [0.1, 0.15) is 5.69 Å². The molecule has 0 radical (unpaired) electrons. The quantitative estimate of drug-likeness (QED) is 0.792. The summed E-state index contributed by atoms with van der Waals surface area (Å²) in [6, 6.07) is 12.5. The van der Waals surface area contributed by atoms with Gasteiger partial charge in [-0.3, -0.25) is 14.2 Å². The Balaban J connectivity index is 1.76. The second-order valence-electron chi connectivity index (χ2n) is 5.43. The zero-order valence-corrected chi connectivity index (χ0v) is 13.4. The van der Waals surface area contributed by atoms with E-state index in [-0.39, 0.29) is 17.8 Å². The summed E-state index contributed by atoms with van der Waals surface area (Å²) in [7, 11) is 0. The van der Waals surface area contributed by atoms with Crippen molar-refractivity contribution in [2.45, 2.75) is 13.5 Å². The zero-order chi connectivity index (χ0) is 17.8. The van der Waals surface area contributed by atoms with Crippen LogP contribution in [-0.2, 0) is 11.3 Å². The summed E-state index contributed by atoms with van der Waals surface area (Å²) >= 11 is 0. The van der Waals surface area contributed by atoms with Crippen LogP contribution in [0.15, 0.2) is 59.7 Å². The van der Waals surface area contributed by atoms with Gasteiger partial charge in [0.05, 0.1) is 12.0 Å². The highest BCUT2D eigenvalue weighted by Crippen LogP contribution is 2.18. The minimum atomic E-state index is -0.463. The van der Waals surface area contributed by atoms with E-state index in [4.69, 9.17) is 0 Å². The van der Waals surface area contributed by atoms with Crippen LogP contribution in [0.5, 0.6) is 0 Å². The molecule has 0 aliphatic carbocycles. The monoisotopic (exact) mass is 338 g/mol. The summed E-state index contributed by atoms with van der Waals surface area (Å²) in [6.45, 7) is 1.60. The fourth-order valence-corrected chi connectivity index (χ4v) is 2.31. The normalized spacial score (nSPS) is 10.5. The molecular weight excluding hydrogens is 323 g/mol. The summed E-state index contributed by atoms with van der Waals surface area (Å²) in [6.07, 6.45) is 1.23. The first-order valence-corrected chi connectivity index (χ1v) is 7.58. The van der Waals surface area contributed by atoms with Crippen molar-refractivity contribution in [2.24, 2.45) is 0 Å². The Bertz CT molecular complexity index is 985. The molecule has 25 heavy (non-hydrogen) atoms. The molecule has 2 aromatic heterocycles. The van der Waals surface area contributed by atoms with E-state index in [0.717, 1.165) is 10.3 Å². The van der Waals surface area contributed by atoms with Gasteiger partial charge in [-0.25, -0.2) is 14.4 Å². The van der Waals surface area contributed by atoms with Gasteiger partial charge in [-0.15, -0.1) is 0 Å². The number of hydrogen-bond donors (Lipinski definition) is 1. The van der Waals surface area contributed by atoms with Crippen molar-refractivity contribution < 1.29 is 9.18 Å². The number of amides is 1. The maximum atomic E-state index is 13.8. The Kier molecular flexibility index (Phi) is 4.65. The number of hydrogen-bond acceptors (Lipinski definition) is 4. The Hall–Kier alpha value is -3.35. The molecule has 2 heterocycles. The molecule has 1 N–H and O–H groups in total. The van der Waals surface area contributed by atoms with Crippen LogP contribution >= 0.6 is 0 Å². The maximum absolute atomic E-state index is 13.8. The Labute approximate surface area is 143 Å². The molecule has 1 amide bonds. The highest BCUT2D eigenvalue weighted by Gasteiger charge is 2.10. The van der Waals surface area contributed by atoms with E-state index < -0.39 is 17.3 Å². The molecule has 0 aliphatic heterocycles. The molecule has 6 nitrogen and oxygen atoms in total. The van der Waals surface area contributed by atoms with Crippen molar-refractivity contribution in [1.82, 2.24) is 14.5 Å². The third-order valence-corrected chi connectivity index (χ3v) is 3.50. The topological polar surface area (TPSA) is 76.9 Å². The van der Waals surface area contributed by atoms with Gasteiger partial charge in [-0.05, 0) is 31.2 Å². The fraction of sp³-hybridized carbons (Fsp3) is 0.111. The molecule has 3 rings (SSSR count). The number of anilines is 1. The van der Waals surface area contributed by atoms with E-state index in [9.17, 15) is 14.0 Å². The third-order valence-electron chi connectivity index (χ3n) is 3.50. The van der Waals surface area contributed by atoms with Gasteiger partial charge in [0, 0.05) is 17.3 Å². The van der Waals surface area contributed by atoms with Crippen molar-refractivity contribution in [3.63, 3.8) is 0 Å². The van der Waals surface area contributed by atoms with Crippen molar-refractivity contribution in [3.05, 3.63) is 76.7 Å². The van der Waals surface area contributed by atoms with Crippen LogP contribution in [0.4, 0.5) is 10.2 Å².